The summed E-state index contributed by atoms with van der Waals surface area (Å²) in [6, 6.07) is 8.84. The van der Waals surface area contributed by atoms with E-state index in [-0.39, 0.29) is 11.4 Å². The van der Waals surface area contributed by atoms with Crippen molar-refractivity contribution in [2.24, 2.45) is 0 Å². The van der Waals surface area contributed by atoms with E-state index >= 15 is 0 Å². The minimum Gasteiger partial charge on any atom is -0.493 e. The molecule has 6 nitrogen and oxygen atoms in total. The Balaban J connectivity index is 2.37. The van der Waals surface area contributed by atoms with Crippen molar-refractivity contribution in [3.63, 3.8) is 0 Å². The maximum atomic E-state index is 10.8. The van der Waals surface area contributed by atoms with Crippen LogP contribution in [-0.4, -0.2) is 18.3 Å². The fourth-order valence-corrected chi connectivity index (χ4v) is 2.10. The molecule has 0 radical (unpaired) electrons. The third-order valence-electron chi connectivity index (χ3n) is 2.68. The van der Waals surface area contributed by atoms with Gasteiger partial charge in [-0.2, -0.15) is 0 Å². The summed E-state index contributed by atoms with van der Waals surface area (Å²) in [4.78, 5) is 21.0. The van der Waals surface area contributed by atoms with Gasteiger partial charge in [0.25, 0.3) is 5.69 Å². The Labute approximate surface area is 128 Å². The third kappa shape index (κ3) is 3.38. The van der Waals surface area contributed by atoms with E-state index in [0.29, 0.717) is 27.8 Å². The summed E-state index contributed by atoms with van der Waals surface area (Å²) in [5.41, 5.74) is 0.378. The quantitative estimate of drug-likeness (QED) is 0.462. The summed E-state index contributed by atoms with van der Waals surface area (Å²) < 4.78 is 11.3. The molecule has 0 saturated heterocycles. The lowest BCUT2D eigenvalue weighted by molar-refractivity contribution is -0.384. The smallest absolute Gasteiger partial charge is 0.273 e. The lowest BCUT2D eigenvalue weighted by Gasteiger charge is -2.10. The molecule has 0 aromatic heterocycles. The van der Waals surface area contributed by atoms with Crippen molar-refractivity contribution in [3.8, 4) is 17.2 Å². The van der Waals surface area contributed by atoms with E-state index in [9.17, 15) is 14.9 Å². The number of carbonyl (C=O) groups excluding carboxylic acids is 1. The zero-order valence-corrected chi connectivity index (χ0v) is 12.5. The van der Waals surface area contributed by atoms with Gasteiger partial charge >= 0.3 is 0 Å². The van der Waals surface area contributed by atoms with Crippen LogP contribution >= 0.6 is 15.9 Å². The molecular formula is C14H10BrNO5. The van der Waals surface area contributed by atoms with Crippen molar-refractivity contribution in [2.45, 2.75) is 0 Å². The van der Waals surface area contributed by atoms with Crippen LogP contribution in [0, 0.1) is 10.1 Å². The van der Waals surface area contributed by atoms with Crippen LogP contribution in [-0.2, 0) is 0 Å². The molecule has 0 amide bonds. The number of ether oxygens (including phenoxy) is 2. The van der Waals surface area contributed by atoms with Crippen LogP contribution in [0.3, 0.4) is 0 Å². The van der Waals surface area contributed by atoms with Gasteiger partial charge in [0.1, 0.15) is 5.75 Å². The minimum absolute atomic E-state index is 0.102. The monoisotopic (exact) mass is 351 g/mol. The normalized spacial score (nSPS) is 10.0. The highest BCUT2D eigenvalue weighted by Crippen LogP contribution is 2.35. The zero-order chi connectivity index (χ0) is 15.4. The highest BCUT2D eigenvalue weighted by atomic mass is 79.9. The minimum atomic E-state index is -0.516. The van der Waals surface area contributed by atoms with Crippen molar-refractivity contribution < 1.29 is 19.2 Å². The van der Waals surface area contributed by atoms with Gasteiger partial charge in [-0.05, 0) is 40.2 Å². The summed E-state index contributed by atoms with van der Waals surface area (Å²) in [5.74, 6) is 1.01. The molecular weight excluding hydrogens is 342 g/mol. The van der Waals surface area contributed by atoms with Gasteiger partial charge in [0.05, 0.1) is 18.1 Å². The molecule has 21 heavy (non-hydrogen) atoms. The van der Waals surface area contributed by atoms with E-state index in [2.05, 4.69) is 15.9 Å². The summed E-state index contributed by atoms with van der Waals surface area (Å²) in [5, 5.41) is 10.8. The number of rotatable bonds is 5. The predicted molar refractivity (Wildman–Crippen MR) is 79.3 cm³/mol. The van der Waals surface area contributed by atoms with E-state index in [4.69, 9.17) is 9.47 Å². The third-order valence-corrected chi connectivity index (χ3v) is 3.37. The van der Waals surface area contributed by atoms with Crippen LogP contribution in [0.2, 0.25) is 0 Å². The van der Waals surface area contributed by atoms with Gasteiger partial charge in [-0.3, -0.25) is 14.9 Å². The molecule has 0 unspecified atom stereocenters. The van der Waals surface area contributed by atoms with Crippen molar-refractivity contribution in [1.82, 2.24) is 0 Å². The average molecular weight is 352 g/mol. The molecule has 108 valence electrons. The number of carbonyl (C=O) groups is 1. The molecule has 7 heteroatoms. The Bertz CT molecular complexity index is 702. The van der Waals surface area contributed by atoms with Crippen LogP contribution in [0.1, 0.15) is 10.4 Å². The second-order valence-corrected chi connectivity index (χ2v) is 4.85. The molecule has 0 bridgehead atoms. The molecule has 2 aromatic carbocycles. The maximum absolute atomic E-state index is 10.8. The summed E-state index contributed by atoms with van der Waals surface area (Å²) in [6.45, 7) is 0. The molecule has 0 aliphatic carbocycles. The van der Waals surface area contributed by atoms with Gasteiger partial charge in [0.15, 0.2) is 17.8 Å². The first kappa shape index (κ1) is 15.0. The lowest BCUT2D eigenvalue weighted by Crippen LogP contribution is -1.94. The molecule has 0 aliphatic rings. The first-order valence-corrected chi connectivity index (χ1v) is 6.59. The number of aldehydes is 1. The van der Waals surface area contributed by atoms with Gasteiger partial charge in [-0.25, -0.2) is 0 Å². The van der Waals surface area contributed by atoms with E-state index in [0.717, 1.165) is 0 Å². The summed E-state index contributed by atoms with van der Waals surface area (Å²) in [7, 11) is 1.44. The summed E-state index contributed by atoms with van der Waals surface area (Å²) in [6.07, 6.45) is 0.710. The van der Waals surface area contributed by atoms with Crippen molar-refractivity contribution in [3.05, 3.63) is 56.5 Å². The number of nitrogens with zero attached hydrogens (tertiary/aromatic N) is 1. The van der Waals surface area contributed by atoms with Crippen molar-refractivity contribution in [1.29, 1.82) is 0 Å². The van der Waals surface area contributed by atoms with E-state index in [1.165, 1.54) is 25.3 Å². The number of nitro groups is 1. The Morgan fingerprint density at radius 3 is 2.52 bits per heavy atom. The zero-order valence-electron chi connectivity index (χ0n) is 10.9. The topological polar surface area (TPSA) is 78.7 Å². The highest BCUT2D eigenvalue weighted by molar-refractivity contribution is 9.10. The Morgan fingerprint density at radius 2 is 1.95 bits per heavy atom. The largest absolute Gasteiger partial charge is 0.493 e. The number of hydrogen-bond donors (Lipinski definition) is 0. The Kier molecular flexibility index (Phi) is 4.54. The average Bonchev–Trinajstić information content (AvgIpc) is 2.47. The molecule has 0 atom stereocenters. The van der Waals surface area contributed by atoms with Crippen molar-refractivity contribution >= 4 is 27.9 Å². The number of benzene rings is 2. The van der Waals surface area contributed by atoms with Crippen LogP contribution < -0.4 is 9.47 Å². The molecule has 2 rings (SSSR count). The molecule has 0 fully saturated rings. The van der Waals surface area contributed by atoms with E-state index in [1.54, 1.807) is 18.2 Å². The van der Waals surface area contributed by atoms with Crippen LogP contribution in [0.5, 0.6) is 17.2 Å². The molecule has 2 aromatic rings. The first-order valence-electron chi connectivity index (χ1n) is 5.80. The Hall–Kier alpha value is -2.41. The van der Waals surface area contributed by atoms with E-state index in [1.807, 2.05) is 0 Å². The molecule has 0 spiro atoms. The van der Waals surface area contributed by atoms with Gasteiger partial charge in [-0.15, -0.1) is 0 Å². The SMILES string of the molecule is COc1ccc([N+](=O)[O-])cc1Oc1ccc(C=O)c(Br)c1. The molecule has 0 saturated carbocycles. The molecule has 0 aliphatic heterocycles. The van der Waals surface area contributed by atoms with Crippen LogP contribution in [0.25, 0.3) is 0 Å². The number of non-ortho nitro benzene ring substituents is 1. The van der Waals surface area contributed by atoms with Gasteiger partial charge in [0.2, 0.25) is 0 Å². The molecule has 0 N–H and O–H groups in total. The fraction of sp³-hybridized carbons (Fsp3) is 0.0714. The number of nitro benzene ring substituents is 1. The fourth-order valence-electron chi connectivity index (χ4n) is 1.65. The lowest BCUT2D eigenvalue weighted by atomic mass is 10.2. The van der Waals surface area contributed by atoms with E-state index < -0.39 is 4.92 Å². The van der Waals surface area contributed by atoms with Gasteiger partial charge in [0, 0.05) is 16.1 Å². The number of halogens is 1. The number of methoxy groups -OCH3 is 1. The molecule has 0 heterocycles. The first-order chi connectivity index (χ1) is 10.0. The Morgan fingerprint density at radius 1 is 1.19 bits per heavy atom. The number of hydrogen-bond acceptors (Lipinski definition) is 5. The standard InChI is InChI=1S/C14H10BrNO5/c1-20-13-5-3-10(16(18)19)6-14(13)21-11-4-2-9(8-17)12(15)7-11/h2-8H,1H3. The predicted octanol–water partition coefficient (Wildman–Crippen LogP) is 3.97. The van der Waals surface area contributed by atoms with Gasteiger partial charge < -0.3 is 9.47 Å². The maximum Gasteiger partial charge on any atom is 0.273 e. The second kappa shape index (κ2) is 6.36. The van der Waals surface area contributed by atoms with Crippen LogP contribution in [0.15, 0.2) is 40.9 Å². The van der Waals surface area contributed by atoms with Crippen LogP contribution in [0.4, 0.5) is 5.69 Å². The van der Waals surface area contributed by atoms with Crippen molar-refractivity contribution in [2.75, 3.05) is 7.11 Å². The van der Waals surface area contributed by atoms with Gasteiger partial charge in [-0.1, -0.05) is 0 Å². The second-order valence-electron chi connectivity index (χ2n) is 4.00. The highest BCUT2D eigenvalue weighted by Gasteiger charge is 2.13. The summed E-state index contributed by atoms with van der Waals surface area (Å²) >= 11 is 3.24.